The topological polar surface area (TPSA) is 18.5 Å². The smallest absolute Gasteiger partial charge is 0.251 e. The minimum atomic E-state index is -0.556. The Morgan fingerprint density at radius 2 is 1.77 bits per heavy atom. The Morgan fingerprint density at radius 3 is 2.55 bits per heavy atom. The number of hydrogen-bond acceptors (Lipinski definition) is 2. The van der Waals surface area contributed by atoms with Crippen LogP contribution >= 0.6 is 11.6 Å². The summed E-state index contributed by atoms with van der Waals surface area (Å²) in [5, 5.41) is 0.384. The molecule has 0 atom stereocenters. The van der Waals surface area contributed by atoms with Gasteiger partial charge in [-0.1, -0.05) is 30.2 Å². The number of rotatable bonds is 1. The van der Waals surface area contributed by atoms with Gasteiger partial charge in [0.05, 0.1) is 0 Å². The molecule has 4 heteroatoms. The lowest BCUT2D eigenvalue weighted by molar-refractivity contribution is -0.105. The zero-order chi connectivity index (χ0) is 15.2. The van der Waals surface area contributed by atoms with Gasteiger partial charge in [0.25, 0.3) is 5.79 Å². The highest BCUT2D eigenvalue weighted by Crippen LogP contribution is 2.50. The summed E-state index contributed by atoms with van der Waals surface area (Å²) in [6, 6.07) is 10.3. The lowest BCUT2D eigenvalue weighted by Gasteiger charge is -2.31. The molecule has 2 nitrogen and oxygen atoms in total. The van der Waals surface area contributed by atoms with Crippen LogP contribution in [0.15, 0.2) is 36.4 Å². The van der Waals surface area contributed by atoms with Crippen molar-refractivity contribution in [2.24, 2.45) is 0 Å². The maximum atomic E-state index is 14.3. The summed E-state index contributed by atoms with van der Waals surface area (Å²) in [6.45, 7) is 0. The second-order valence-corrected chi connectivity index (χ2v) is 6.37. The van der Waals surface area contributed by atoms with Crippen LogP contribution < -0.4 is 9.47 Å². The van der Waals surface area contributed by atoms with Crippen LogP contribution in [-0.2, 0) is 0 Å². The van der Waals surface area contributed by atoms with Crippen molar-refractivity contribution in [2.75, 3.05) is 0 Å². The minimum Gasteiger partial charge on any atom is -0.448 e. The Morgan fingerprint density at radius 1 is 0.955 bits per heavy atom. The van der Waals surface area contributed by atoms with E-state index in [9.17, 15) is 4.39 Å². The molecule has 4 rings (SSSR count). The lowest BCUT2D eigenvalue weighted by atomic mass is 9.94. The SMILES string of the molecule is Fc1cc(Cl)ccc1-c1cccc2c1OC1(CCCCC1)O2. The first-order chi connectivity index (χ1) is 10.7. The second-order valence-electron chi connectivity index (χ2n) is 5.93. The molecule has 0 amide bonds. The third-order valence-corrected chi connectivity index (χ3v) is 4.63. The number of benzene rings is 2. The van der Waals surface area contributed by atoms with Gasteiger partial charge in [-0.25, -0.2) is 4.39 Å². The van der Waals surface area contributed by atoms with Crippen LogP contribution in [0.25, 0.3) is 11.1 Å². The fourth-order valence-electron chi connectivity index (χ4n) is 3.32. The van der Waals surface area contributed by atoms with Crippen LogP contribution in [0.2, 0.25) is 5.02 Å². The molecule has 0 N–H and O–H groups in total. The third kappa shape index (κ3) is 2.24. The maximum absolute atomic E-state index is 14.3. The number of hydrogen-bond donors (Lipinski definition) is 0. The molecular weight excluding hydrogens is 303 g/mol. The Bertz CT molecular complexity index is 723. The van der Waals surface area contributed by atoms with Gasteiger partial charge in [-0.3, -0.25) is 0 Å². The van der Waals surface area contributed by atoms with Crippen molar-refractivity contribution in [1.29, 1.82) is 0 Å². The summed E-state index contributed by atoms with van der Waals surface area (Å²) in [7, 11) is 0. The molecule has 1 aliphatic carbocycles. The number of para-hydroxylation sites is 1. The van der Waals surface area contributed by atoms with Crippen molar-refractivity contribution in [3.63, 3.8) is 0 Å². The van der Waals surface area contributed by atoms with Crippen molar-refractivity contribution >= 4 is 11.6 Å². The minimum absolute atomic E-state index is 0.353. The van der Waals surface area contributed by atoms with Gasteiger partial charge in [-0.15, -0.1) is 0 Å². The molecule has 0 bridgehead atoms. The summed E-state index contributed by atoms with van der Waals surface area (Å²) in [4.78, 5) is 0. The van der Waals surface area contributed by atoms with Crippen LogP contribution in [0, 0.1) is 5.82 Å². The highest BCUT2D eigenvalue weighted by Gasteiger charge is 2.43. The fourth-order valence-corrected chi connectivity index (χ4v) is 3.48. The van der Waals surface area contributed by atoms with Gasteiger partial charge in [-0.05, 0) is 37.1 Å². The summed E-state index contributed by atoms with van der Waals surface area (Å²) >= 11 is 5.84. The Kier molecular flexibility index (Phi) is 3.26. The highest BCUT2D eigenvalue weighted by atomic mass is 35.5. The Hall–Kier alpha value is -1.74. The van der Waals surface area contributed by atoms with E-state index in [-0.39, 0.29) is 5.82 Å². The number of halogens is 2. The van der Waals surface area contributed by atoms with Gasteiger partial charge in [0.2, 0.25) is 0 Å². The van der Waals surface area contributed by atoms with Gasteiger partial charge in [-0.2, -0.15) is 0 Å². The molecular formula is C18H16ClFO2. The van der Waals surface area contributed by atoms with Crippen molar-refractivity contribution < 1.29 is 13.9 Å². The molecule has 114 valence electrons. The molecule has 0 radical (unpaired) electrons. The molecule has 2 aliphatic rings. The molecule has 1 heterocycles. The first kappa shape index (κ1) is 13.9. The van der Waals surface area contributed by atoms with Gasteiger partial charge in [0, 0.05) is 29.0 Å². The monoisotopic (exact) mass is 318 g/mol. The summed E-state index contributed by atoms with van der Waals surface area (Å²) < 4.78 is 26.5. The molecule has 1 fully saturated rings. The number of fused-ring (bicyclic) bond motifs is 1. The highest BCUT2D eigenvalue weighted by molar-refractivity contribution is 6.30. The summed E-state index contributed by atoms with van der Waals surface area (Å²) in [5.74, 6) is 0.438. The zero-order valence-electron chi connectivity index (χ0n) is 12.1. The Balaban J connectivity index is 1.77. The molecule has 1 aliphatic heterocycles. The van der Waals surface area contributed by atoms with Crippen LogP contribution in [0.4, 0.5) is 4.39 Å². The van der Waals surface area contributed by atoms with Crippen LogP contribution in [0.3, 0.4) is 0 Å². The van der Waals surface area contributed by atoms with Crippen molar-refractivity contribution in [3.05, 3.63) is 47.2 Å². The normalized spacial score (nSPS) is 18.6. The van der Waals surface area contributed by atoms with E-state index in [4.69, 9.17) is 21.1 Å². The summed E-state index contributed by atoms with van der Waals surface area (Å²) in [6.07, 6.45) is 5.16. The van der Waals surface area contributed by atoms with Crippen LogP contribution in [-0.4, -0.2) is 5.79 Å². The van der Waals surface area contributed by atoms with Crippen molar-refractivity contribution in [3.8, 4) is 22.6 Å². The molecule has 0 unspecified atom stereocenters. The van der Waals surface area contributed by atoms with E-state index in [1.807, 2.05) is 18.2 Å². The lowest BCUT2D eigenvalue weighted by Crippen LogP contribution is -2.40. The molecule has 0 aromatic heterocycles. The third-order valence-electron chi connectivity index (χ3n) is 4.40. The fraction of sp³-hybridized carbons (Fsp3) is 0.333. The first-order valence-electron chi connectivity index (χ1n) is 7.63. The first-order valence-corrected chi connectivity index (χ1v) is 8.01. The van der Waals surface area contributed by atoms with Gasteiger partial charge < -0.3 is 9.47 Å². The predicted molar refractivity (Wildman–Crippen MR) is 83.9 cm³/mol. The van der Waals surface area contributed by atoms with Crippen LogP contribution in [0.1, 0.15) is 32.1 Å². The molecule has 2 aromatic carbocycles. The molecule has 1 saturated carbocycles. The quantitative estimate of drug-likeness (QED) is 0.683. The average molecular weight is 319 g/mol. The average Bonchev–Trinajstić information content (AvgIpc) is 2.85. The maximum Gasteiger partial charge on any atom is 0.251 e. The molecule has 22 heavy (non-hydrogen) atoms. The van der Waals surface area contributed by atoms with E-state index in [1.165, 1.54) is 12.5 Å². The van der Waals surface area contributed by atoms with E-state index in [1.54, 1.807) is 12.1 Å². The largest absolute Gasteiger partial charge is 0.448 e. The van der Waals surface area contributed by atoms with E-state index in [0.29, 0.717) is 27.6 Å². The predicted octanol–water partition coefficient (Wildman–Crippen LogP) is 5.58. The van der Waals surface area contributed by atoms with E-state index in [0.717, 1.165) is 25.7 Å². The molecule has 1 spiro atoms. The van der Waals surface area contributed by atoms with E-state index >= 15 is 0 Å². The Labute approximate surface area is 133 Å². The van der Waals surface area contributed by atoms with E-state index in [2.05, 4.69) is 0 Å². The van der Waals surface area contributed by atoms with Crippen molar-refractivity contribution in [1.82, 2.24) is 0 Å². The molecule has 2 aromatic rings. The second kappa shape index (κ2) is 5.17. The molecule has 0 saturated heterocycles. The van der Waals surface area contributed by atoms with Crippen LogP contribution in [0.5, 0.6) is 11.5 Å². The van der Waals surface area contributed by atoms with Gasteiger partial charge in [0.1, 0.15) is 5.82 Å². The standard InChI is InChI=1S/C18H16ClFO2/c19-12-7-8-13(15(20)11-12)14-5-4-6-16-17(14)22-18(21-16)9-2-1-3-10-18/h4-8,11H,1-3,9-10H2. The van der Waals surface area contributed by atoms with Gasteiger partial charge >= 0.3 is 0 Å². The zero-order valence-corrected chi connectivity index (χ0v) is 12.8. The number of ether oxygens (including phenoxy) is 2. The van der Waals surface area contributed by atoms with Gasteiger partial charge in [0.15, 0.2) is 11.5 Å². The van der Waals surface area contributed by atoms with E-state index < -0.39 is 5.79 Å². The van der Waals surface area contributed by atoms with Crippen molar-refractivity contribution in [2.45, 2.75) is 37.9 Å². The summed E-state index contributed by atoms with van der Waals surface area (Å²) in [5.41, 5.74) is 1.20.